The van der Waals surface area contributed by atoms with Crippen LogP contribution in [0.4, 0.5) is 11.5 Å². The molecule has 0 bridgehead atoms. The predicted octanol–water partition coefficient (Wildman–Crippen LogP) is 2.38. The molecule has 0 aliphatic heterocycles. The van der Waals surface area contributed by atoms with Gasteiger partial charge in [0.2, 0.25) is 0 Å². The number of rotatable bonds is 8. The van der Waals surface area contributed by atoms with Gasteiger partial charge in [-0.25, -0.2) is 0 Å². The van der Waals surface area contributed by atoms with E-state index in [2.05, 4.69) is 20.8 Å². The van der Waals surface area contributed by atoms with E-state index in [1.807, 2.05) is 38.1 Å². The van der Waals surface area contributed by atoms with Crippen molar-refractivity contribution in [2.45, 2.75) is 20.0 Å². The van der Waals surface area contributed by atoms with Gasteiger partial charge >= 0.3 is 0 Å². The molecule has 0 fully saturated rings. The van der Waals surface area contributed by atoms with E-state index in [1.165, 1.54) is 0 Å². The second kappa shape index (κ2) is 8.83. The second-order valence-electron chi connectivity index (χ2n) is 5.37. The van der Waals surface area contributed by atoms with Crippen molar-refractivity contribution in [3.05, 3.63) is 42.1 Å². The predicted molar refractivity (Wildman–Crippen MR) is 91.7 cm³/mol. The van der Waals surface area contributed by atoms with Gasteiger partial charge in [0, 0.05) is 19.3 Å². The van der Waals surface area contributed by atoms with Crippen LogP contribution in [0.25, 0.3) is 0 Å². The van der Waals surface area contributed by atoms with Crippen molar-refractivity contribution in [3.63, 3.8) is 0 Å². The third-order valence-electron chi connectivity index (χ3n) is 2.99. The van der Waals surface area contributed by atoms with E-state index >= 15 is 0 Å². The van der Waals surface area contributed by atoms with Crippen molar-refractivity contribution < 1.29 is 14.3 Å². The quantitative estimate of drug-likeness (QED) is 0.723. The summed E-state index contributed by atoms with van der Waals surface area (Å²) in [5, 5.41) is 13.7. The van der Waals surface area contributed by atoms with Crippen LogP contribution in [0.15, 0.2) is 36.4 Å². The summed E-state index contributed by atoms with van der Waals surface area (Å²) < 4.78 is 10.5. The van der Waals surface area contributed by atoms with Crippen LogP contribution in [0.5, 0.6) is 5.75 Å². The lowest BCUT2D eigenvalue weighted by Crippen LogP contribution is -2.27. The van der Waals surface area contributed by atoms with Gasteiger partial charge in [0.1, 0.15) is 5.75 Å². The topological polar surface area (TPSA) is 85.4 Å². The van der Waals surface area contributed by atoms with Gasteiger partial charge in [0.25, 0.3) is 5.91 Å². The summed E-state index contributed by atoms with van der Waals surface area (Å²) in [7, 11) is 1.58. The van der Waals surface area contributed by atoms with Crippen LogP contribution < -0.4 is 15.4 Å². The first-order valence-electron chi connectivity index (χ1n) is 7.73. The average Bonchev–Trinajstić information content (AvgIpc) is 2.57. The van der Waals surface area contributed by atoms with E-state index in [9.17, 15) is 4.79 Å². The Hall–Kier alpha value is -2.67. The summed E-state index contributed by atoms with van der Waals surface area (Å²) >= 11 is 0. The number of anilines is 2. The molecule has 7 heteroatoms. The fourth-order valence-electron chi connectivity index (χ4n) is 1.91. The fourth-order valence-corrected chi connectivity index (χ4v) is 1.91. The van der Waals surface area contributed by atoms with Gasteiger partial charge in [-0.2, -0.15) is 0 Å². The molecule has 2 aromatic rings. The molecular weight excluding hydrogens is 308 g/mol. The monoisotopic (exact) mass is 330 g/mol. The zero-order valence-corrected chi connectivity index (χ0v) is 14.1. The first-order valence-corrected chi connectivity index (χ1v) is 7.73. The van der Waals surface area contributed by atoms with Crippen LogP contribution in [0.2, 0.25) is 0 Å². The van der Waals surface area contributed by atoms with Crippen molar-refractivity contribution in [2.75, 3.05) is 25.6 Å². The normalized spacial score (nSPS) is 10.5. The molecule has 7 nitrogen and oxygen atoms in total. The first-order chi connectivity index (χ1) is 11.6. The molecule has 0 saturated heterocycles. The Morgan fingerprint density at radius 3 is 2.46 bits per heavy atom. The van der Waals surface area contributed by atoms with Crippen LogP contribution in [0.3, 0.4) is 0 Å². The summed E-state index contributed by atoms with van der Waals surface area (Å²) in [5.41, 5.74) is 1.12. The highest BCUT2D eigenvalue weighted by Crippen LogP contribution is 2.19. The molecule has 2 rings (SSSR count). The Morgan fingerprint density at radius 1 is 1.12 bits per heavy atom. The smallest absolute Gasteiger partial charge is 0.271 e. The number of ether oxygens (including phenoxy) is 2. The van der Waals surface area contributed by atoms with E-state index in [-0.39, 0.29) is 17.7 Å². The van der Waals surface area contributed by atoms with Gasteiger partial charge in [-0.15, -0.1) is 10.2 Å². The Kier molecular flexibility index (Phi) is 6.51. The maximum atomic E-state index is 11.8. The number of aromatic nitrogens is 2. The lowest BCUT2D eigenvalue weighted by atomic mass is 10.3. The van der Waals surface area contributed by atoms with E-state index < -0.39 is 0 Å². The fraction of sp³-hybridized carbons (Fsp3) is 0.353. The number of carbonyl (C=O) groups is 1. The minimum Gasteiger partial charge on any atom is -0.491 e. The van der Waals surface area contributed by atoms with E-state index in [0.717, 1.165) is 11.4 Å². The molecule has 128 valence electrons. The number of methoxy groups -OCH3 is 1. The van der Waals surface area contributed by atoms with E-state index in [4.69, 9.17) is 9.47 Å². The molecule has 0 spiro atoms. The summed E-state index contributed by atoms with van der Waals surface area (Å²) in [5.74, 6) is 1.09. The minimum atomic E-state index is -0.277. The van der Waals surface area contributed by atoms with Crippen LogP contribution in [-0.2, 0) is 4.74 Å². The summed E-state index contributed by atoms with van der Waals surface area (Å²) in [6.07, 6.45) is 0.136. The Labute approximate surface area is 141 Å². The zero-order valence-electron chi connectivity index (χ0n) is 14.1. The summed E-state index contributed by atoms with van der Waals surface area (Å²) in [6.45, 7) is 4.85. The van der Waals surface area contributed by atoms with Crippen LogP contribution in [-0.4, -0.2) is 42.5 Å². The number of nitrogens with zero attached hydrogens (tertiary/aromatic N) is 2. The molecule has 2 N–H and O–H groups in total. The number of benzene rings is 1. The molecule has 0 unspecified atom stereocenters. The highest BCUT2D eigenvalue weighted by atomic mass is 16.5. The van der Waals surface area contributed by atoms with Gasteiger partial charge in [-0.3, -0.25) is 4.79 Å². The standard InChI is InChI=1S/C17H22N4O3/c1-12(2)24-14-6-4-13(5-7-14)19-16-9-8-15(20-21-16)17(22)18-10-11-23-3/h4-9,12H,10-11H2,1-3H3,(H,18,22)(H,19,21). The van der Waals surface area contributed by atoms with Gasteiger partial charge in [0.05, 0.1) is 12.7 Å². The third-order valence-corrected chi connectivity index (χ3v) is 2.99. The number of hydrogen-bond donors (Lipinski definition) is 2. The van der Waals surface area contributed by atoms with Gasteiger partial charge < -0.3 is 20.1 Å². The lowest BCUT2D eigenvalue weighted by molar-refractivity contribution is 0.0931. The van der Waals surface area contributed by atoms with Gasteiger partial charge in [-0.1, -0.05) is 0 Å². The molecule has 0 radical (unpaired) electrons. The maximum Gasteiger partial charge on any atom is 0.271 e. The largest absolute Gasteiger partial charge is 0.491 e. The Balaban J connectivity index is 1.92. The number of hydrogen-bond acceptors (Lipinski definition) is 6. The van der Waals surface area contributed by atoms with Crippen molar-refractivity contribution in [1.82, 2.24) is 15.5 Å². The second-order valence-corrected chi connectivity index (χ2v) is 5.37. The molecule has 0 aliphatic carbocycles. The highest BCUT2D eigenvalue weighted by Gasteiger charge is 2.07. The van der Waals surface area contributed by atoms with Crippen molar-refractivity contribution in [2.24, 2.45) is 0 Å². The van der Waals surface area contributed by atoms with E-state index in [0.29, 0.717) is 19.0 Å². The zero-order chi connectivity index (χ0) is 17.4. The molecule has 0 atom stereocenters. The third kappa shape index (κ3) is 5.51. The maximum absolute atomic E-state index is 11.8. The van der Waals surface area contributed by atoms with E-state index in [1.54, 1.807) is 19.2 Å². The van der Waals surface area contributed by atoms with Gasteiger partial charge in [-0.05, 0) is 50.2 Å². The summed E-state index contributed by atoms with van der Waals surface area (Å²) in [6, 6.07) is 10.9. The van der Waals surface area contributed by atoms with Crippen LogP contribution >= 0.6 is 0 Å². The van der Waals surface area contributed by atoms with Crippen molar-refractivity contribution in [3.8, 4) is 5.75 Å². The molecule has 24 heavy (non-hydrogen) atoms. The molecule has 1 amide bonds. The highest BCUT2D eigenvalue weighted by molar-refractivity contribution is 5.92. The average molecular weight is 330 g/mol. The number of nitrogens with one attached hydrogen (secondary N) is 2. The molecule has 0 saturated carbocycles. The summed E-state index contributed by atoms with van der Waals surface area (Å²) in [4.78, 5) is 11.8. The number of amides is 1. The van der Waals surface area contributed by atoms with Crippen LogP contribution in [0.1, 0.15) is 24.3 Å². The lowest BCUT2D eigenvalue weighted by Gasteiger charge is -2.10. The molecule has 0 aliphatic rings. The van der Waals surface area contributed by atoms with Crippen LogP contribution in [0, 0.1) is 0 Å². The Morgan fingerprint density at radius 2 is 1.88 bits per heavy atom. The number of carbonyl (C=O) groups excluding carboxylic acids is 1. The molecular formula is C17H22N4O3. The molecule has 1 heterocycles. The SMILES string of the molecule is COCCNC(=O)c1ccc(Nc2ccc(OC(C)C)cc2)nn1. The Bertz CT molecular complexity index is 642. The minimum absolute atomic E-state index is 0.136. The molecule has 1 aromatic carbocycles. The first kappa shape index (κ1) is 17.7. The van der Waals surface area contributed by atoms with Crippen molar-refractivity contribution in [1.29, 1.82) is 0 Å². The van der Waals surface area contributed by atoms with Crippen molar-refractivity contribution >= 4 is 17.4 Å². The van der Waals surface area contributed by atoms with Gasteiger partial charge in [0.15, 0.2) is 11.5 Å². The molecule has 1 aromatic heterocycles.